The van der Waals surface area contributed by atoms with Crippen LogP contribution >= 0.6 is 15.6 Å². The molecule has 0 aliphatic carbocycles. The summed E-state index contributed by atoms with van der Waals surface area (Å²) in [4.78, 5) is 73.1. The lowest BCUT2D eigenvalue weighted by molar-refractivity contribution is -0.161. The summed E-state index contributed by atoms with van der Waals surface area (Å²) >= 11 is 0. The zero-order valence-corrected chi connectivity index (χ0v) is 68.5. The largest absolute Gasteiger partial charge is 0.472 e. The Morgan fingerprint density at radius 1 is 0.269 bits per heavy atom. The summed E-state index contributed by atoms with van der Waals surface area (Å²) in [6.07, 6.45) is 97.1. The number of aliphatic hydroxyl groups is 1. The monoisotopic (exact) mass is 1540 g/mol. The molecule has 0 saturated carbocycles. The number of esters is 4. The van der Waals surface area contributed by atoms with Crippen LogP contribution in [0.25, 0.3) is 0 Å². The van der Waals surface area contributed by atoms with Crippen molar-refractivity contribution in [3.8, 4) is 0 Å². The molecule has 5 atom stereocenters. The Morgan fingerprint density at radius 3 is 0.833 bits per heavy atom. The highest BCUT2D eigenvalue weighted by Gasteiger charge is 2.30. The van der Waals surface area contributed by atoms with Gasteiger partial charge in [-0.25, -0.2) is 9.13 Å². The van der Waals surface area contributed by atoms with E-state index < -0.39 is 97.5 Å². The van der Waals surface area contributed by atoms with Crippen molar-refractivity contribution in [2.45, 2.75) is 303 Å². The van der Waals surface area contributed by atoms with E-state index in [0.717, 1.165) is 173 Å². The molecule has 0 aromatic rings. The van der Waals surface area contributed by atoms with E-state index in [4.69, 9.17) is 37.0 Å². The second-order valence-electron chi connectivity index (χ2n) is 26.2. The molecule has 19 heteroatoms. The summed E-state index contributed by atoms with van der Waals surface area (Å²) in [5, 5.41) is 10.7. The number of unbranched alkanes of at least 4 members (excludes halogenated alkanes) is 16. The van der Waals surface area contributed by atoms with Crippen molar-refractivity contribution in [3.63, 3.8) is 0 Å². The fourth-order valence-corrected chi connectivity index (χ4v) is 11.6. The molecule has 3 N–H and O–H groups in total. The van der Waals surface area contributed by atoms with Gasteiger partial charge in [-0.05, 0) is 167 Å². The molecule has 0 aliphatic heterocycles. The van der Waals surface area contributed by atoms with E-state index >= 15 is 0 Å². The van der Waals surface area contributed by atoms with Crippen LogP contribution in [-0.4, -0.2) is 96.7 Å². The third-order valence-corrected chi connectivity index (χ3v) is 17.9. The van der Waals surface area contributed by atoms with Gasteiger partial charge >= 0.3 is 39.5 Å². The van der Waals surface area contributed by atoms with Gasteiger partial charge in [0, 0.05) is 25.7 Å². The molecule has 0 heterocycles. The molecule has 610 valence electrons. The lowest BCUT2D eigenvalue weighted by atomic mass is 10.1. The van der Waals surface area contributed by atoms with Gasteiger partial charge in [0.25, 0.3) is 0 Å². The Balaban J connectivity index is 5.53. The fourth-order valence-electron chi connectivity index (χ4n) is 9.97. The van der Waals surface area contributed by atoms with Gasteiger partial charge in [0.15, 0.2) is 12.2 Å². The lowest BCUT2D eigenvalue weighted by Crippen LogP contribution is -2.30. The summed E-state index contributed by atoms with van der Waals surface area (Å²) in [6.45, 7) is 4.31. The van der Waals surface area contributed by atoms with E-state index in [1.165, 1.54) is 19.3 Å². The maximum atomic E-state index is 13.1. The topological polar surface area (TPSA) is 237 Å². The predicted octanol–water partition coefficient (Wildman–Crippen LogP) is 24.1. The van der Waals surface area contributed by atoms with Crippen molar-refractivity contribution in [2.24, 2.45) is 0 Å². The Bertz CT molecular complexity index is 2810. The van der Waals surface area contributed by atoms with Gasteiger partial charge in [-0.15, -0.1) is 0 Å². The number of rotatable bonds is 74. The lowest BCUT2D eigenvalue weighted by Gasteiger charge is -2.21. The van der Waals surface area contributed by atoms with Crippen molar-refractivity contribution >= 4 is 39.5 Å². The minimum absolute atomic E-state index is 0.00761. The van der Waals surface area contributed by atoms with Crippen molar-refractivity contribution in [2.75, 3.05) is 39.6 Å². The zero-order chi connectivity index (χ0) is 78.9. The van der Waals surface area contributed by atoms with Gasteiger partial charge in [-0.3, -0.25) is 37.3 Å². The van der Waals surface area contributed by atoms with Crippen LogP contribution in [0.2, 0.25) is 0 Å². The summed E-state index contributed by atoms with van der Waals surface area (Å²) in [7, 11) is -10.0. The molecule has 0 fully saturated rings. The third kappa shape index (κ3) is 78.0. The Hall–Kier alpha value is -6.10. The van der Waals surface area contributed by atoms with Crippen LogP contribution in [0, 0.1) is 0 Å². The van der Waals surface area contributed by atoms with Gasteiger partial charge in [-0.1, -0.05) is 286 Å². The molecular weight excluding hydrogens is 1400 g/mol. The first-order valence-electron chi connectivity index (χ1n) is 40.7. The van der Waals surface area contributed by atoms with Crippen LogP contribution in [0.4, 0.5) is 0 Å². The van der Waals surface area contributed by atoms with Crippen molar-refractivity contribution in [1.82, 2.24) is 0 Å². The number of aliphatic hydroxyl groups excluding tert-OH is 1. The number of carbonyl (C=O) groups is 4. The molecule has 0 aliphatic rings. The molecule has 108 heavy (non-hydrogen) atoms. The third-order valence-electron chi connectivity index (χ3n) is 16.0. The van der Waals surface area contributed by atoms with E-state index in [0.29, 0.717) is 38.5 Å². The van der Waals surface area contributed by atoms with Gasteiger partial charge in [0.2, 0.25) is 0 Å². The number of carbonyl (C=O) groups excluding carboxylic acids is 4. The van der Waals surface area contributed by atoms with E-state index in [2.05, 4.69) is 192 Å². The van der Waals surface area contributed by atoms with Gasteiger partial charge in [-0.2, -0.15) is 0 Å². The fraction of sp³-hybridized carbons (Fsp3) is 0.596. The van der Waals surface area contributed by atoms with E-state index in [1.54, 1.807) is 0 Å². The van der Waals surface area contributed by atoms with Gasteiger partial charge in [0.05, 0.1) is 26.4 Å². The van der Waals surface area contributed by atoms with Crippen LogP contribution in [0.5, 0.6) is 0 Å². The molecule has 5 unspecified atom stereocenters. The molecule has 17 nitrogen and oxygen atoms in total. The predicted molar refractivity (Wildman–Crippen MR) is 445 cm³/mol. The van der Waals surface area contributed by atoms with Crippen molar-refractivity contribution in [1.29, 1.82) is 0 Å². The SMILES string of the molecule is CC/C=C\C/C=C\C/C=C\C/C=C\C/C=C\C/C=C\CCC(=O)OCC(COP(=O)(O)OCC(O)COP(=O)(O)OCC(COC(=O)CCCCCCCCC/C=C\C/C=C\C/C=C\CC)OC(=O)CCCCCCC/C=C\C/C=C\CCCCC)OC(=O)CCC/C=C\C/C=C\C/C=C\C/C=C\C/C=C\CC. The summed E-state index contributed by atoms with van der Waals surface area (Å²) < 4.78 is 68.5. The first-order valence-corrected chi connectivity index (χ1v) is 43.7. The molecule has 0 rings (SSSR count). The number of phosphoric ester groups is 2. The normalized spacial score (nSPS) is 14.8. The maximum absolute atomic E-state index is 13.1. The van der Waals surface area contributed by atoms with Crippen molar-refractivity contribution in [3.05, 3.63) is 194 Å². The second kappa shape index (κ2) is 79.0. The standard InChI is InChI=1S/C89H142O17P2/c1-5-9-13-17-21-25-29-33-37-40-41-44-47-50-54-58-62-66-70-74-87(92)100-80-85(106-89(94)76-72-68-64-60-56-52-48-43-39-35-31-27-23-19-15-11-7-3)82-104-108(97,98)102-78-83(90)77-101-107(95,96)103-81-84(105-88(93)75-71-67-63-59-55-51-45-36-32-28-24-20-16-12-8-4)79-99-86(91)73-69-65-61-57-53-49-46-42-38-34-30-26-22-18-14-10-6-2/h9-11,13-15,21-28,33-39,41,44-45,48,50,52,54,60,62,64,66,83-85,90H,5-8,12,16-20,29-32,40,42-43,46-47,49,51,53,55-59,61,63,65,67-82H2,1-4H3,(H,95,96)(H,97,98)/b13-9-,14-10-,15-11-,25-21-,26-22-,27-23-,28-24-,37-33-,38-34-,39-35-,44-41-,45-36-,52-48-,54-50-,64-60-,66-62-. The molecule has 0 spiro atoms. The van der Waals surface area contributed by atoms with Gasteiger partial charge < -0.3 is 33.8 Å². The summed E-state index contributed by atoms with van der Waals surface area (Å²) in [6, 6.07) is 0. The average molecular weight is 1550 g/mol. The Kier molecular flexibility index (Phi) is 74.5. The van der Waals surface area contributed by atoms with Crippen LogP contribution in [-0.2, 0) is 65.4 Å². The van der Waals surface area contributed by atoms with Crippen LogP contribution in [0.1, 0.15) is 285 Å². The number of hydrogen-bond donors (Lipinski definition) is 3. The first kappa shape index (κ1) is 102. The maximum Gasteiger partial charge on any atom is 0.472 e. The molecule has 0 bridgehead atoms. The molecular formula is C89H142O17P2. The van der Waals surface area contributed by atoms with Crippen LogP contribution < -0.4 is 0 Å². The van der Waals surface area contributed by atoms with Crippen molar-refractivity contribution < 1.29 is 80.2 Å². The molecule has 0 aromatic carbocycles. The average Bonchev–Trinajstić information content (AvgIpc) is 0.906. The van der Waals surface area contributed by atoms with E-state index in [-0.39, 0.29) is 25.7 Å². The molecule has 0 amide bonds. The number of ether oxygens (including phenoxy) is 4. The number of phosphoric acid groups is 2. The first-order chi connectivity index (χ1) is 52.7. The number of hydrogen-bond acceptors (Lipinski definition) is 15. The molecule has 0 saturated heterocycles. The number of allylic oxidation sites excluding steroid dienone is 32. The summed E-state index contributed by atoms with van der Waals surface area (Å²) in [5.41, 5.74) is 0. The molecule has 0 radical (unpaired) electrons. The smallest absolute Gasteiger partial charge is 0.462 e. The van der Waals surface area contributed by atoms with Crippen LogP contribution in [0.15, 0.2) is 194 Å². The van der Waals surface area contributed by atoms with E-state index in [1.807, 2.05) is 30.4 Å². The zero-order valence-electron chi connectivity index (χ0n) is 66.7. The molecule has 0 aromatic heterocycles. The Morgan fingerprint density at radius 2 is 0.509 bits per heavy atom. The highest BCUT2D eigenvalue weighted by atomic mass is 31.2. The van der Waals surface area contributed by atoms with Gasteiger partial charge in [0.1, 0.15) is 19.3 Å². The summed E-state index contributed by atoms with van der Waals surface area (Å²) in [5.74, 6) is -2.39. The second-order valence-corrected chi connectivity index (χ2v) is 29.1. The Labute approximate surface area is 653 Å². The minimum atomic E-state index is -5.02. The minimum Gasteiger partial charge on any atom is -0.462 e. The van der Waals surface area contributed by atoms with E-state index in [9.17, 15) is 43.2 Å². The highest BCUT2D eigenvalue weighted by molar-refractivity contribution is 7.47. The quantitative estimate of drug-likeness (QED) is 0.0169. The van der Waals surface area contributed by atoms with Crippen LogP contribution in [0.3, 0.4) is 0 Å². The highest BCUT2D eigenvalue weighted by Crippen LogP contribution is 2.45.